The third kappa shape index (κ3) is 7.19. The minimum absolute atomic E-state index is 0.0309. The molecule has 0 heterocycles. The predicted octanol–water partition coefficient (Wildman–Crippen LogP) is 4.00. The van der Waals surface area contributed by atoms with Crippen LogP contribution in [-0.2, 0) is 12.8 Å². The van der Waals surface area contributed by atoms with E-state index in [1.54, 1.807) is 6.92 Å². The van der Waals surface area contributed by atoms with Crippen LogP contribution in [0.25, 0.3) is 0 Å². The highest BCUT2D eigenvalue weighted by molar-refractivity contribution is 5.88. The molecule has 4 N–H and O–H groups in total. The van der Waals surface area contributed by atoms with Gasteiger partial charge in [0.2, 0.25) is 0 Å². The van der Waals surface area contributed by atoms with Gasteiger partial charge in [0.15, 0.2) is 0 Å². The van der Waals surface area contributed by atoms with Crippen molar-refractivity contribution in [1.82, 2.24) is 0 Å². The minimum Gasteiger partial charge on any atom is -0.507 e. The summed E-state index contributed by atoms with van der Waals surface area (Å²) in [5.74, 6) is -1.13. The van der Waals surface area contributed by atoms with Gasteiger partial charge in [-0.3, -0.25) is 0 Å². The van der Waals surface area contributed by atoms with E-state index in [1.165, 1.54) is 12.1 Å². The summed E-state index contributed by atoms with van der Waals surface area (Å²) in [6.45, 7) is 9.33. The number of rotatable bonds is 9. The summed E-state index contributed by atoms with van der Waals surface area (Å²) in [6.07, 6.45) is 4.11. The molecule has 0 spiro atoms. The number of aliphatic hydroxyl groups is 2. The van der Waals surface area contributed by atoms with Crippen LogP contribution in [0.4, 0.5) is 0 Å². The van der Waals surface area contributed by atoms with Gasteiger partial charge in [-0.25, -0.2) is 4.79 Å². The van der Waals surface area contributed by atoms with Gasteiger partial charge in [0.1, 0.15) is 5.75 Å². The van der Waals surface area contributed by atoms with Crippen LogP contribution in [0.15, 0.2) is 35.4 Å². The van der Waals surface area contributed by atoms with Crippen LogP contribution in [0.2, 0.25) is 0 Å². The third-order valence-corrected chi connectivity index (χ3v) is 4.58. The highest BCUT2D eigenvalue weighted by Gasteiger charge is 2.30. The molecule has 0 aliphatic carbocycles. The van der Waals surface area contributed by atoms with Crippen molar-refractivity contribution in [3.63, 3.8) is 0 Å². The first-order valence-electron chi connectivity index (χ1n) is 9.19. The van der Waals surface area contributed by atoms with Crippen LogP contribution in [0.1, 0.15) is 68.9 Å². The van der Waals surface area contributed by atoms with E-state index in [-0.39, 0.29) is 17.7 Å². The number of benzene rings is 1. The van der Waals surface area contributed by atoms with Crippen molar-refractivity contribution in [2.45, 2.75) is 72.0 Å². The number of allylic oxidation sites excluding steroid dienone is 4. The molecule has 1 aromatic carbocycles. The van der Waals surface area contributed by atoms with E-state index in [0.29, 0.717) is 30.4 Å². The highest BCUT2D eigenvalue weighted by Crippen LogP contribution is 2.30. The number of phenols is 1. The van der Waals surface area contributed by atoms with E-state index in [0.717, 1.165) is 11.1 Å². The standard InChI is InChI=1S/C22H32O5/c1-14(2)7-6-10-22(5,27)19(23)13-17-12-18(21(25)26)11-16(20(17)24)9-8-15(3)4/h7-8,11-12,19,23-24,27H,6,9-10,13H2,1-5H3,(H,25,26)/t19-,22+/m1/s1. The maximum Gasteiger partial charge on any atom is 0.335 e. The Labute approximate surface area is 161 Å². The monoisotopic (exact) mass is 376 g/mol. The number of carbonyl (C=O) groups is 1. The molecule has 150 valence electrons. The largest absolute Gasteiger partial charge is 0.507 e. The Kier molecular flexibility index (Phi) is 8.25. The van der Waals surface area contributed by atoms with Crippen molar-refractivity contribution in [3.05, 3.63) is 52.1 Å². The van der Waals surface area contributed by atoms with Gasteiger partial charge in [-0.2, -0.15) is 0 Å². The van der Waals surface area contributed by atoms with Gasteiger partial charge in [0, 0.05) is 6.42 Å². The van der Waals surface area contributed by atoms with Crippen molar-refractivity contribution in [3.8, 4) is 5.75 Å². The fraction of sp³-hybridized carbons (Fsp3) is 0.500. The lowest BCUT2D eigenvalue weighted by molar-refractivity contribution is -0.0656. The van der Waals surface area contributed by atoms with Crippen molar-refractivity contribution in [2.75, 3.05) is 0 Å². The zero-order valence-corrected chi connectivity index (χ0v) is 16.9. The topological polar surface area (TPSA) is 98.0 Å². The van der Waals surface area contributed by atoms with Crippen LogP contribution in [0, 0.1) is 0 Å². The zero-order valence-electron chi connectivity index (χ0n) is 16.9. The fourth-order valence-corrected chi connectivity index (χ4v) is 2.76. The molecule has 27 heavy (non-hydrogen) atoms. The summed E-state index contributed by atoms with van der Waals surface area (Å²) in [7, 11) is 0. The lowest BCUT2D eigenvalue weighted by Gasteiger charge is -2.29. The summed E-state index contributed by atoms with van der Waals surface area (Å²) in [4.78, 5) is 11.4. The Bertz CT molecular complexity index is 720. The summed E-state index contributed by atoms with van der Waals surface area (Å²) in [5.41, 5.74) is 1.70. The van der Waals surface area contributed by atoms with E-state index < -0.39 is 17.7 Å². The molecule has 2 atom stereocenters. The second-order valence-corrected chi connectivity index (χ2v) is 7.83. The maximum atomic E-state index is 11.4. The second-order valence-electron chi connectivity index (χ2n) is 7.83. The quantitative estimate of drug-likeness (QED) is 0.488. The molecule has 0 aromatic heterocycles. The minimum atomic E-state index is -1.35. The van der Waals surface area contributed by atoms with Gasteiger partial charge < -0.3 is 20.4 Å². The predicted molar refractivity (Wildman–Crippen MR) is 107 cm³/mol. The molecule has 1 rings (SSSR count). The first-order chi connectivity index (χ1) is 12.4. The molecule has 5 nitrogen and oxygen atoms in total. The van der Waals surface area contributed by atoms with E-state index in [2.05, 4.69) is 0 Å². The van der Waals surface area contributed by atoms with E-state index >= 15 is 0 Å². The van der Waals surface area contributed by atoms with Crippen molar-refractivity contribution in [1.29, 1.82) is 0 Å². The molecule has 0 radical (unpaired) electrons. The first-order valence-corrected chi connectivity index (χ1v) is 9.19. The number of hydrogen-bond acceptors (Lipinski definition) is 4. The Morgan fingerprint density at radius 3 is 2.19 bits per heavy atom. The number of hydrogen-bond donors (Lipinski definition) is 4. The lowest BCUT2D eigenvalue weighted by atomic mass is 9.87. The van der Waals surface area contributed by atoms with Gasteiger partial charge in [-0.1, -0.05) is 23.3 Å². The summed E-state index contributed by atoms with van der Waals surface area (Å²) in [5, 5.41) is 41.0. The lowest BCUT2D eigenvalue weighted by Crippen LogP contribution is -2.40. The molecule has 0 saturated carbocycles. The summed E-state index contributed by atoms with van der Waals surface area (Å²) >= 11 is 0. The average Bonchev–Trinajstić information content (AvgIpc) is 2.54. The van der Waals surface area contributed by atoms with Crippen molar-refractivity contribution >= 4 is 5.97 Å². The molecular weight excluding hydrogens is 344 g/mol. The number of aromatic hydroxyl groups is 1. The third-order valence-electron chi connectivity index (χ3n) is 4.58. The first kappa shape index (κ1) is 22.9. The van der Waals surface area contributed by atoms with Gasteiger partial charge in [-0.15, -0.1) is 0 Å². The Balaban J connectivity index is 3.11. The van der Waals surface area contributed by atoms with Crippen LogP contribution in [0.3, 0.4) is 0 Å². The van der Waals surface area contributed by atoms with Crippen LogP contribution >= 0.6 is 0 Å². The summed E-state index contributed by atoms with van der Waals surface area (Å²) in [6, 6.07) is 2.80. The van der Waals surface area contributed by atoms with E-state index in [4.69, 9.17) is 0 Å². The highest BCUT2D eigenvalue weighted by atomic mass is 16.4. The maximum absolute atomic E-state index is 11.4. The smallest absolute Gasteiger partial charge is 0.335 e. The second kappa shape index (κ2) is 9.72. The van der Waals surface area contributed by atoms with E-state index in [9.17, 15) is 25.2 Å². The number of carboxylic acids is 1. The molecule has 0 saturated heterocycles. The van der Waals surface area contributed by atoms with Gasteiger partial charge in [0.05, 0.1) is 17.3 Å². The molecule has 0 aliphatic heterocycles. The SMILES string of the molecule is CC(C)=CCC[C@](C)(O)[C@H](O)Cc1cc(C(=O)O)cc(CC=C(C)C)c1O. The van der Waals surface area contributed by atoms with Gasteiger partial charge in [-0.05, 0) is 77.1 Å². The molecule has 5 heteroatoms. The molecule has 0 aliphatic rings. The molecule has 0 amide bonds. The van der Waals surface area contributed by atoms with Gasteiger partial charge in [0.25, 0.3) is 0 Å². The molecule has 0 unspecified atom stereocenters. The number of aliphatic hydroxyl groups excluding tert-OH is 1. The Hall–Kier alpha value is -2.11. The Morgan fingerprint density at radius 2 is 1.67 bits per heavy atom. The number of carboxylic acid groups (broad SMARTS) is 1. The van der Waals surface area contributed by atoms with Crippen LogP contribution in [0.5, 0.6) is 5.75 Å². The van der Waals surface area contributed by atoms with Gasteiger partial charge >= 0.3 is 5.97 Å². The molecule has 0 fully saturated rings. The normalized spacial score (nSPS) is 14.2. The van der Waals surface area contributed by atoms with Crippen molar-refractivity contribution in [2.24, 2.45) is 0 Å². The summed E-state index contributed by atoms with van der Waals surface area (Å²) < 4.78 is 0. The molecule has 0 bridgehead atoms. The van der Waals surface area contributed by atoms with Crippen molar-refractivity contribution < 1.29 is 25.2 Å². The van der Waals surface area contributed by atoms with Crippen LogP contribution in [-0.4, -0.2) is 38.1 Å². The average molecular weight is 376 g/mol. The fourth-order valence-electron chi connectivity index (χ4n) is 2.76. The molecular formula is C22H32O5. The Morgan fingerprint density at radius 1 is 1.11 bits per heavy atom. The number of phenolic OH excluding ortho intramolecular Hbond substituents is 1. The van der Waals surface area contributed by atoms with E-state index in [1.807, 2.05) is 39.8 Å². The zero-order chi connectivity index (χ0) is 20.8. The van der Waals surface area contributed by atoms with Crippen LogP contribution < -0.4 is 0 Å². The number of aromatic carboxylic acids is 1. The molecule has 1 aromatic rings.